The number of ether oxygens (including phenoxy) is 1. The molecule has 0 aliphatic carbocycles. The molecular weight excluding hydrogens is 466 g/mol. The highest BCUT2D eigenvalue weighted by Crippen LogP contribution is 2.30. The molecule has 4 rings (SSSR count). The summed E-state index contributed by atoms with van der Waals surface area (Å²) in [4.78, 5) is 4.30. The fraction of sp³-hybridized carbons (Fsp3) is 0.208. The summed E-state index contributed by atoms with van der Waals surface area (Å²) >= 11 is 0. The quantitative estimate of drug-likeness (QED) is 0.241. The lowest BCUT2D eigenvalue weighted by Crippen LogP contribution is -2.35. The minimum absolute atomic E-state index is 0.0324. The second-order valence-corrected chi connectivity index (χ2v) is 7.93. The van der Waals surface area contributed by atoms with Crippen LogP contribution < -0.4 is 10.1 Å². The third-order valence-electron chi connectivity index (χ3n) is 5.25. The molecule has 0 aliphatic rings. The normalized spacial score (nSPS) is 12.5. The third kappa shape index (κ3) is 5.24. The number of nitrogens with one attached hydrogen (secondary N) is 2. The molecule has 0 spiro atoms. The van der Waals surface area contributed by atoms with Gasteiger partial charge in [-0.15, -0.1) is 5.10 Å². The maximum Gasteiger partial charge on any atom is 0.416 e. The molecule has 0 fully saturated rings. The van der Waals surface area contributed by atoms with Gasteiger partial charge < -0.3 is 20.6 Å². The van der Waals surface area contributed by atoms with E-state index in [-0.39, 0.29) is 23.0 Å². The lowest BCUT2D eigenvalue weighted by Gasteiger charge is -2.17. The first kappa shape index (κ1) is 24.1. The van der Waals surface area contributed by atoms with Crippen LogP contribution in [0, 0.1) is 18.2 Å². The largest absolute Gasteiger partial charge is 0.437 e. The molecular formula is C24H21F4N5O2. The molecule has 0 aliphatic heterocycles. The van der Waals surface area contributed by atoms with Crippen LogP contribution in [0.1, 0.15) is 18.1 Å². The third-order valence-corrected chi connectivity index (χ3v) is 5.25. The number of hydrogen-bond donors (Lipinski definition) is 3. The number of hydrogen-bond acceptors (Lipinski definition) is 6. The maximum atomic E-state index is 13.6. The van der Waals surface area contributed by atoms with Gasteiger partial charge in [-0.05, 0) is 43.2 Å². The highest BCUT2D eigenvalue weighted by Gasteiger charge is 2.38. The number of rotatable bonds is 7. The first-order valence-electron chi connectivity index (χ1n) is 10.5. The monoisotopic (exact) mass is 487 g/mol. The highest BCUT2D eigenvalue weighted by molar-refractivity contribution is 5.98. The van der Waals surface area contributed by atoms with Crippen molar-refractivity contribution in [2.75, 3.05) is 11.9 Å². The van der Waals surface area contributed by atoms with Gasteiger partial charge in [-0.3, -0.25) is 0 Å². The van der Waals surface area contributed by atoms with Gasteiger partial charge in [0.15, 0.2) is 11.8 Å². The van der Waals surface area contributed by atoms with Crippen molar-refractivity contribution in [2.45, 2.75) is 26.1 Å². The first-order chi connectivity index (χ1) is 16.5. The molecule has 7 nitrogen and oxygen atoms in total. The van der Waals surface area contributed by atoms with Crippen molar-refractivity contribution < 1.29 is 27.4 Å². The summed E-state index contributed by atoms with van der Waals surface area (Å²) in [6.07, 6.45) is -5.90. The van der Waals surface area contributed by atoms with Gasteiger partial charge in [0, 0.05) is 30.0 Å². The smallest absolute Gasteiger partial charge is 0.416 e. The van der Waals surface area contributed by atoms with Crippen molar-refractivity contribution in [3.63, 3.8) is 0 Å². The number of nitrogens with zero attached hydrogens (tertiary/aromatic N) is 3. The van der Waals surface area contributed by atoms with Gasteiger partial charge in [-0.25, -0.2) is 13.9 Å². The summed E-state index contributed by atoms with van der Waals surface area (Å²) in [6.45, 7) is 2.72. The molecule has 0 radical (unpaired) electrons. The molecule has 1 unspecified atom stereocenters. The molecule has 3 N–H and O–H groups in total. The van der Waals surface area contributed by atoms with Crippen molar-refractivity contribution in [1.29, 1.82) is 5.41 Å². The summed E-state index contributed by atoms with van der Waals surface area (Å²) in [5.74, 6) is -0.424. The van der Waals surface area contributed by atoms with Crippen LogP contribution in [-0.2, 0) is 0 Å². The standard InChI is InChI=1S/C24H21F4N5O2/c1-13-8-15(6-7-18(13)14(2)29)20-11-31-23-19(30-12-21(34)24(26,27)28)10-22(32-33(20)23)35-17-5-3-4-16(25)9-17/h3-11,21,29-30,34H,12H2,1-2H3. The van der Waals surface area contributed by atoms with Crippen LogP contribution in [-0.4, -0.2) is 44.2 Å². The number of fused-ring (bicyclic) bond motifs is 1. The SMILES string of the molecule is CC(=N)c1ccc(-c2cnc3c(NCC(O)C(F)(F)F)cc(Oc4cccc(F)c4)nn23)cc1C. The van der Waals surface area contributed by atoms with E-state index in [9.17, 15) is 22.7 Å². The number of anilines is 1. The Morgan fingerprint density at radius 3 is 2.63 bits per heavy atom. The number of imidazole rings is 1. The summed E-state index contributed by atoms with van der Waals surface area (Å²) in [6, 6.07) is 12.1. The van der Waals surface area contributed by atoms with Gasteiger partial charge in [0.1, 0.15) is 11.6 Å². The molecule has 0 amide bonds. The minimum atomic E-state index is -4.80. The van der Waals surface area contributed by atoms with E-state index in [4.69, 9.17) is 10.1 Å². The van der Waals surface area contributed by atoms with Gasteiger partial charge in [-0.1, -0.05) is 18.2 Å². The van der Waals surface area contributed by atoms with Gasteiger partial charge in [-0.2, -0.15) is 13.2 Å². The molecule has 4 aromatic rings. The molecule has 0 saturated heterocycles. The fourth-order valence-electron chi connectivity index (χ4n) is 3.54. The van der Waals surface area contributed by atoms with Crippen molar-refractivity contribution in [3.8, 4) is 22.9 Å². The highest BCUT2D eigenvalue weighted by atomic mass is 19.4. The van der Waals surface area contributed by atoms with E-state index in [1.54, 1.807) is 19.1 Å². The summed E-state index contributed by atoms with van der Waals surface area (Å²) in [5, 5.41) is 24.3. The number of aromatic nitrogens is 3. The molecule has 182 valence electrons. The van der Waals surface area contributed by atoms with Crippen molar-refractivity contribution >= 4 is 17.0 Å². The molecule has 0 saturated carbocycles. The Labute approximate surface area is 197 Å². The van der Waals surface area contributed by atoms with E-state index < -0.39 is 24.6 Å². The van der Waals surface area contributed by atoms with Crippen LogP contribution in [0.3, 0.4) is 0 Å². The predicted molar refractivity (Wildman–Crippen MR) is 123 cm³/mol. The second kappa shape index (κ2) is 9.34. The summed E-state index contributed by atoms with van der Waals surface area (Å²) < 4.78 is 59.1. The molecule has 2 aromatic heterocycles. The minimum Gasteiger partial charge on any atom is -0.437 e. The number of aliphatic hydroxyl groups is 1. The number of halogens is 4. The topological polar surface area (TPSA) is 95.5 Å². The number of alkyl halides is 3. The van der Waals surface area contributed by atoms with Crippen LogP contribution in [0.4, 0.5) is 23.2 Å². The average molecular weight is 487 g/mol. The van der Waals surface area contributed by atoms with Crippen molar-refractivity contribution in [2.24, 2.45) is 0 Å². The predicted octanol–water partition coefficient (Wildman–Crippen LogP) is 5.36. The van der Waals surface area contributed by atoms with Crippen molar-refractivity contribution in [3.05, 3.63) is 71.7 Å². The lowest BCUT2D eigenvalue weighted by atomic mass is 10.0. The van der Waals surface area contributed by atoms with Gasteiger partial charge in [0.25, 0.3) is 0 Å². The lowest BCUT2D eigenvalue weighted by molar-refractivity contribution is -0.198. The Kier molecular flexibility index (Phi) is 6.44. The average Bonchev–Trinajstić information content (AvgIpc) is 3.20. The summed E-state index contributed by atoms with van der Waals surface area (Å²) in [5.41, 5.74) is 3.58. The van der Waals surface area contributed by atoms with Crippen LogP contribution in [0.25, 0.3) is 16.9 Å². The zero-order valence-electron chi connectivity index (χ0n) is 18.7. The second-order valence-electron chi connectivity index (χ2n) is 7.93. The zero-order chi connectivity index (χ0) is 25.3. The Morgan fingerprint density at radius 1 is 1.20 bits per heavy atom. The number of aliphatic hydroxyl groups excluding tert-OH is 1. The number of aryl methyl sites for hydroxylation is 1. The van der Waals surface area contributed by atoms with Gasteiger partial charge in [0.05, 0.1) is 17.6 Å². The Balaban J connectivity index is 1.79. The Bertz CT molecular complexity index is 1400. The Morgan fingerprint density at radius 2 is 1.97 bits per heavy atom. The Hall–Kier alpha value is -3.99. The molecule has 2 aromatic carbocycles. The van der Waals surface area contributed by atoms with E-state index in [2.05, 4.69) is 15.4 Å². The van der Waals surface area contributed by atoms with E-state index >= 15 is 0 Å². The van der Waals surface area contributed by atoms with Crippen molar-refractivity contribution in [1.82, 2.24) is 14.6 Å². The molecule has 35 heavy (non-hydrogen) atoms. The van der Waals surface area contributed by atoms with E-state index in [1.165, 1.54) is 35.0 Å². The van der Waals surface area contributed by atoms with E-state index in [0.717, 1.165) is 17.2 Å². The fourth-order valence-corrected chi connectivity index (χ4v) is 3.54. The van der Waals surface area contributed by atoms with Gasteiger partial charge in [0.2, 0.25) is 5.88 Å². The van der Waals surface area contributed by atoms with E-state index in [0.29, 0.717) is 17.0 Å². The van der Waals surface area contributed by atoms with E-state index in [1.807, 2.05) is 13.0 Å². The van der Waals surface area contributed by atoms with Crippen LogP contribution in [0.15, 0.2) is 54.7 Å². The number of benzene rings is 2. The molecule has 2 heterocycles. The van der Waals surface area contributed by atoms with Crippen LogP contribution in [0.2, 0.25) is 0 Å². The molecule has 11 heteroatoms. The summed E-state index contributed by atoms with van der Waals surface area (Å²) in [7, 11) is 0. The zero-order valence-corrected chi connectivity index (χ0v) is 18.7. The van der Waals surface area contributed by atoms with Crippen LogP contribution >= 0.6 is 0 Å². The van der Waals surface area contributed by atoms with Gasteiger partial charge >= 0.3 is 6.18 Å². The van der Waals surface area contributed by atoms with Crippen LogP contribution in [0.5, 0.6) is 11.6 Å². The molecule has 0 bridgehead atoms. The first-order valence-corrected chi connectivity index (χ1v) is 10.5. The molecule has 1 atom stereocenters. The maximum absolute atomic E-state index is 13.6.